The number of rotatable bonds is 9. The summed E-state index contributed by atoms with van der Waals surface area (Å²) < 4.78 is 6.14. The van der Waals surface area contributed by atoms with Gasteiger partial charge in [0.25, 0.3) is 0 Å². The molecule has 2 heterocycles. The Labute approximate surface area is 157 Å². The van der Waals surface area contributed by atoms with Gasteiger partial charge in [-0.25, -0.2) is 0 Å². The molecule has 4 nitrogen and oxygen atoms in total. The summed E-state index contributed by atoms with van der Waals surface area (Å²) in [4.78, 5) is 10.5. The smallest absolute Gasteiger partial charge is 0.303 e. The quantitative estimate of drug-likeness (QED) is 0.469. The lowest BCUT2D eigenvalue weighted by atomic mass is 9.76. The zero-order valence-electron chi connectivity index (χ0n) is 15.8. The normalized spacial score (nSPS) is 33.4. The molecule has 0 amide bonds. The maximum atomic E-state index is 10.5. The van der Waals surface area contributed by atoms with E-state index in [0.29, 0.717) is 36.4 Å². The van der Waals surface area contributed by atoms with Crippen LogP contribution in [0.3, 0.4) is 0 Å². The van der Waals surface area contributed by atoms with Gasteiger partial charge < -0.3 is 14.9 Å². The van der Waals surface area contributed by atoms with Gasteiger partial charge in [0.15, 0.2) is 0 Å². The molecule has 2 aliphatic heterocycles. The van der Waals surface area contributed by atoms with Crippen LogP contribution in [0, 0.1) is 17.8 Å². The van der Waals surface area contributed by atoms with Crippen molar-refractivity contribution in [3.63, 3.8) is 0 Å². The minimum atomic E-state index is -0.721. The van der Waals surface area contributed by atoms with E-state index in [0.717, 1.165) is 38.5 Å². The van der Waals surface area contributed by atoms with Gasteiger partial charge in [0.1, 0.15) is 0 Å². The number of ether oxygens (including phenoxy) is 1. The largest absolute Gasteiger partial charge is 0.481 e. The van der Waals surface area contributed by atoms with Gasteiger partial charge in [-0.1, -0.05) is 43.6 Å². The summed E-state index contributed by atoms with van der Waals surface area (Å²) in [5.74, 6) is 0.628. The molecule has 26 heavy (non-hydrogen) atoms. The lowest BCUT2D eigenvalue weighted by Gasteiger charge is -2.27. The number of unbranched alkanes of at least 4 members (excludes halogenated alkanes) is 1. The highest BCUT2D eigenvalue weighted by atomic mass is 16.5. The number of aliphatic hydroxyl groups excluding tert-OH is 1. The van der Waals surface area contributed by atoms with Crippen molar-refractivity contribution in [3.8, 4) is 0 Å². The summed E-state index contributed by atoms with van der Waals surface area (Å²) in [5.41, 5.74) is 0. The molecule has 3 rings (SSSR count). The molecule has 0 aromatic rings. The van der Waals surface area contributed by atoms with Gasteiger partial charge in [-0.05, 0) is 56.8 Å². The number of aliphatic hydroxyl groups is 1. The topological polar surface area (TPSA) is 66.8 Å². The summed E-state index contributed by atoms with van der Waals surface area (Å²) in [6, 6.07) is 0. The fourth-order valence-electron chi connectivity index (χ4n) is 5.00. The predicted octanol–water partition coefficient (Wildman–Crippen LogP) is 4.48. The van der Waals surface area contributed by atoms with Crippen molar-refractivity contribution in [2.45, 2.75) is 88.9 Å². The van der Waals surface area contributed by atoms with E-state index in [1.807, 2.05) is 6.08 Å². The number of carboxylic acids is 1. The van der Waals surface area contributed by atoms with Crippen LogP contribution < -0.4 is 0 Å². The maximum Gasteiger partial charge on any atom is 0.303 e. The summed E-state index contributed by atoms with van der Waals surface area (Å²) in [7, 11) is 0. The molecule has 146 valence electrons. The molecule has 1 saturated carbocycles. The molecule has 3 aliphatic rings. The van der Waals surface area contributed by atoms with E-state index in [9.17, 15) is 9.90 Å². The molecule has 5 atom stereocenters. The molecule has 1 aliphatic carbocycles. The van der Waals surface area contributed by atoms with Gasteiger partial charge >= 0.3 is 5.97 Å². The van der Waals surface area contributed by atoms with Crippen molar-refractivity contribution < 1.29 is 19.7 Å². The van der Waals surface area contributed by atoms with E-state index >= 15 is 0 Å². The number of fused-ring (bicyclic) bond motifs is 2. The SMILES string of the molecule is O=C(O)CCC/C=C\C[C@@H]1[C@H](/C=C/C(O)C2CCCCC2)[C@@H]2CC[C@H]1O2. The van der Waals surface area contributed by atoms with Gasteiger partial charge in [0.2, 0.25) is 0 Å². The molecule has 3 fully saturated rings. The molecular weight excluding hydrogens is 328 g/mol. The van der Waals surface area contributed by atoms with Gasteiger partial charge in [-0.3, -0.25) is 4.79 Å². The maximum absolute atomic E-state index is 10.5. The second-order valence-electron chi connectivity index (χ2n) is 8.30. The first-order chi connectivity index (χ1) is 12.6. The minimum absolute atomic E-state index is 0.242. The molecule has 0 aromatic heterocycles. The minimum Gasteiger partial charge on any atom is -0.481 e. The average Bonchev–Trinajstić information content (AvgIpc) is 3.24. The Morgan fingerprint density at radius 1 is 1.08 bits per heavy atom. The second kappa shape index (κ2) is 9.70. The Kier molecular flexibility index (Phi) is 7.32. The van der Waals surface area contributed by atoms with Crippen molar-refractivity contribution in [1.29, 1.82) is 0 Å². The molecule has 0 radical (unpaired) electrons. The van der Waals surface area contributed by atoms with Crippen LogP contribution in [0.1, 0.15) is 70.6 Å². The average molecular weight is 363 g/mol. The molecular formula is C22H34O4. The molecule has 1 unspecified atom stereocenters. The number of hydrogen-bond acceptors (Lipinski definition) is 3. The van der Waals surface area contributed by atoms with Crippen LogP contribution in [0.2, 0.25) is 0 Å². The summed E-state index contributed by atoms with van der Waals surface area (Å²) in [5, 5.41) is 19.2. The number of carboxylic acid groups (broad SMARTS) is 1. The van der Waals surface area contributed by atoms with Crippen molar-refractivity contribution >= 4 is 5.97 Å². The predicted molar refractivity (Wildman–Crippen MR) is 102 cm³/mol. The zero-order chi connectivity index (χ0) is 18.4. The van der Waals surface area contributed by atoms with Crippen LogP contribution in [-0.4, -0.2) is 34.5 Å². The Hall–Kier alpha value is -1.13. The van der Waals surface area contributed by atoms with E-state index in [4.69, 9.17) is 9.84 Å². The monoisotopic (exact) mass is 362 g/mol. The third-order valence-electron chi connectivity index (χ3n) is 6.49. The molecule has 0 spiro atoms. The highest BCUT2D eigenvalue weighted by Crippen LogP contribution is 2.46. The number of hydrogen-bond donors (Lipinski definition) is 2. The number of allylic oxidation sites excluding steroid dienone is 2. The Bertz CT molecular complexity index is 506. The van der Waals surface area contributed by atoms with Crippen LogP contribution in [0.15, 0.2) is 24.3 Å². The Morgan fingerprint density at radius 2 is 1.85 bits per heavy atom. The van der Waals surface area contributed by atoms with Crippen molar-refractivity contribution in [2.75, 3.05) is 0 Å². The fourth-order valence-corrected chi connectivity index (χ4v) is 5.00. The van der Waals surface area contributed by atoms with Crippen LogP contribution in [0.5, 0.6) is 0 Å². The van der Waals surface area contributed by atoms with Gasteiger partial charge in [0, 0.05) is 12.3 Å². The van der Waals surface area contributed by atoms with E-state index in [2.05, 4.69) is 18.2 Å². The van der Waals surface area contributed by atoms with Crippen LogP contribution in [0.25, 0.3) is 0 Å². The van der Waals surface area contributed by atoms with Crippen molar-refractivity contribution in [2.24, 2.45) is 17.8 Å². The molecule has 4 heteroatoms. The molecule has 2 N–H and O–H groups in total. The van der Waals surface area contributed by atoms with Crippen LogP contribution in [0.4, 0.5) is 0 Å². The Balaban J connectivity index is 1.49. The van der Waals surface area contributed by atoms with E-state index < -0.39 is 5.97 Å². The summed E-state index contributed by atoms with van der Waals surface area (Å²) in [6.07, 6.45) is 20.2. The molecule has 2 bridgehead atoms. The Morgan fingerprint density at radius 3 is 2.62 bits per heavy atom. The summed E-state index contributed by atoms with van der Waals surface area (Å²) >= 11 is 0. The van der Waals surface area contributed by atoms with Gasteiger partial charge in [0.05, 0.1) is 18.3 Å². The first kappa shape index (κ1) is 19.6. The lowest BCUT2D eigenvalue weighted by molar-refractivity contribution is -0.137. The van der Waals surface area contributed by atoms with Crippen LogP contribution in [-0.2, 0) is 9.53 Å². The van der Waals surface area contributed by atoms with Crippen LogP contribution >= 0.6 is 0 Å². The first-order valence-corrected chi connectivity index (χ1v) is 10.5. The highest BCUT2D eigenvalue weighted by molar-refractivity contribution is 5.66. The number of carbonyl (C=O) groups is 1. The third kappa shape index (κ3) is 5.20. The zero-order valence-corrected chi connectivity index (χ0v) is 15.8. The first-order valence-electron chi connectivity index (χ1n) is 10.5. The second-order valence-corrected chi connectivity index (χ2v) is 8.30. The molecule has 2 saturated heterocycles. The standard InChI is InChI=1S/C22H34O4/c23-19(16-8-4-3-5-9-16)13-12-18-17(20-14-15-21(18)26-20)10-6-1-2-7-11-22(24)25/h1,6,12-13,16-21,23H,2-5,7-11,14-15H2,(H,24,25)/b6-1-,13-12+/t17-,18+,19?,20-,21+/m1/s1. The van der Waals surface area contributed by atoms with E-state index in [1.54, 1.807) is 0 Å². The fraction of sp³-hybridized carbons (Fsp3) is 0.773. The lowest BCUT2D eigenvalue weighted by Crippen LogP contribution is -2.26. The van der Waals surface area contributed by atoms with Crippen molar-refractivity contribution in [3.05, 3.63) is 24.3 Å². The van der Waals surface area contributed by atoms with Gasteiger partial charge in [-0.15, -0.1) is 0 Å². The molecule has 0 aromatic carbocycles. The van der Waals surface area contributed by atoms with E-state index in [-0.39, 0.29) is 12.5 Å². The van der Waals surface area contributed by atoms with Crippen molar-refractivity contribution in [1.82, 2.24) is 0 Å². The number of aliphatic carboxylic acids is 1. The highest BCUT2D eigenvalue weighted by Gasteiger charge is 2.46. The summed E-state index contributed by atoms with van der Waals surface area (Å²) in [6.45, 7) is 0. The van der Waals surface area contributed by atoms with Gasteiger partial charge in [-0.2, -0.15) is 0 Å². The third-order valence-corrected chi connectivity index (χ3v) is 6.49. The van der Waals surface area contributed by atoms with E-state index in [1.165, 1.54) is 19.3 Å².